The summed E-state index contributed by atoms with van der Waals surface area (Å²) in [6.07, 6.45) is 3.65. The van der Waals surface area contributed by atoms with E-state index < -0.39 is 16.0 Å². The Labute approximate surface area is 95.3 Å². The second-order valence-electron chi connectivity index (χ2n) is 4.89. The second-order valence-corrected chi connectivity index (χ2v) is 6.69. The lowest BCUT2D eigenvalue weighted by atomic mass is 10.1. The summed E-state index contributed by atoms with van der Waals surface area (Å²) in [5, 5.41) is 8.81. The third-order valence-corrected chi connectivity index (χ3v) is 4.88. The van der Waals surface area contributed by atoms with E-state index in [1.165, 1.54) is 0 Å². The standard InChI is InChI=1S/C10H17NO4S/c12-10(13)8-3-4-9(5-8)11-16(14,15)6-7-1-2-7/h7-9,11H,1-6H2,(H,12,13)/t8-,9+/m1/s1. The first-order valence-corrected chi connectivity index (χ1v) is 7.34. The summed E-state index contributed by atoms with van der Waals surface area (Å²) in [6.45, 7) is 0. The van der Waals surface area contributed by atoms with E-state index in [0.717, 1.165) is 12.8 Å². The van der Waals surface area contributed by atoms with Crippen molar-refractivity contribution in [2.24, 2.45) is 11.8 Å². The maximum atomic E-state index is 11.7. The van der Waals surface area contributed by atoms with Crippen LogP contribution in [0, 0.1) is 11.8 Å². The van der Waals surface area contributed by atoms with Gasteiger partial charge in [-0.05, 0) is 38.0 Å². The highest BCUT2D eigenvalue weighted by molar-refractivity contribution is 7.89. The molecule has 0 aromatic carbocycles. The third kappa shape index (κ3) is 3.18. The van der Waals surface area contributed by atoms with Gasteiger partial charge in [0.05, 0.1) is 11.7 Å². The first kappa shape index (κ1) is 11.9. The van der Waals surface area contributed by atoms with E-state index in [4.69, 9.17) is 5.11 Å². The molecule has 6 heteroatoms. The quantitative estimate of drug-likeness (QED) is 0.744. The van der Waals surface area contributed by atoms with E-state index in [9.17, 15) is 13.2 Å². The zero-order chi connectivity index (χ0) is 11.8. The van der Waals surface area contributed by atoms with Crippen LogP contribution in [0.3, 0.4) is 0 Å². The SMILES string of the molecule is O=C(O)[C@@H]1CC[C@H](NS(=O)(=O)CC2CC2)C1. The lowest BCUT2D eigenvalue weighted by Crippen LogP contribution is -2.35. The summed E-state index contributed by atoms with van der Waals surface area (Å²) in [4.78, 5) is 10.7. The van der Waals surface area contributed by atoms with Crippen LogP contribution in [0.5, 0.6) is 0 Å². The van der Waals surface area contributed by atoms with E-state index in [-0.39, 0.29) is 17.7 Å². The molecule has 0 aromatic rings. The van der Waals surface area contributed by atoms with Crippen LogP contribution in [0.25, 0.3) is 0 Å². The van der Waals surface area contributed by atoms with Crippen molar-refractivity contribution >= 4 is 16.0 Å². The highest BCUT2D eigenvalue weighted by Crippen LogP contribution is 2.31. The van der Waals surface area contributed by atoms with Gasteiger partial charge in [0.1, 0.15) is 0 Å². The van der Waals surface area contributed by atoms with Crippen molar-refractivity contribution in [2.75, 3.05) is 5.75 Å². The van der Waals surface area contributed by atoms with Gasteiger partial charge >= 0.3 is 5.97 Å². The molecule has 0 radical (unpaired) electrons. The molecule has 2 rings (SSSR count). The van der Waals surface area contributed by atoms with Crippen LogP contribution < -0.4 is 4.72 Å². The number of sulfonamides is 1. The molecule has 5 nitrogen and oxygen atoms in total. The lowest BCUT2D eigenvalue weighted by molar-refractivity contribution is -0.141. The molecule has 0 aliphatic heterocycles. The van der Waals surface area contributed by atoms with E-state index in [1.54, 1.807) is 0 Å². The van der Waals surface area contributed by atoms with Gasteiger partial charge in [0.25, 0.3) is 0 Å². The summed E-state index contributed by atoms with van der Waals surface area (Å²) < 4.78 is 25.9. The average molecular weight is 247 g/mol. The van der Waals surface area contributed by atoms with E-state index in [2.05, 4.69) is 4.72 Å². The van der Waals surface area contributed by atoms with Gasteiger partial charge in [0, 0.05) is 6.04 Å². The number of carboxylic acid groups (broad SMARTS) is 1. The third-order valence-electron chi connectivity index (χ3n) is 3.28. The zero-order valence-electron chi connectivity index (χ0n) is 9.05. The van der Waals surface area contributed by atoms with Gasteiger partial charge < -0.3 is 5.11 Å². The molecule has 2 aliphatic rings. The predicted octanol–water partition coefficient (Wildman–Crippen LogP) is 0.569. The van der Waals surface area contributed by atoms with Crippen molar-refractivity contribution in [3.63, 3.8) is 0 Å². The van der Waals surface area contributed by atoms with Crippen molar-refractivity contribution in [2.45, 2.75) is 38.1 Å². The van der Waals surface area contributed by atoms with Gasteiger partial charge in [0.15, 0.2) is 0 Å². The fraction of sp³-hybridized carbons (Fsp3) is 0.900. The molecule has 92 valence electrons. The minimum atomic E-state index is -3.19. The number of hydrogen-bond acceptors (Lipinski definition) is 3. The first-order valence-electron chi connectivity index (χ1n) is 5.69. The number of aliphatic carboxylic acids is 1. The van der Waals surface area contributed by atoms with Gasteiger partial charge in [-0.2, -0.15) is 0 Å². The maximum Gasteiger partial charge on any atom is 0.306 e. The number of carbonyl (C=O) groups is 1. The summed E-state index contributed by atoms with van der Waals surface area (Å²) in [5.41, 5.74) is 0. The molecule has 2 N–H and O–H groups in total. The molecular formula is C10H17NO4S. The zero-order valence-corrected chi connectivity index (χ0v) is 9.87. The molecule has 2 fully saturated rings. The molecule has 0 saturated heterocycles. The Morgan fingerprint density at radius 2 is 1.94 bits per heavy atom. The van der Waals surface area contributed by atoms with Gasteiger partial charge in [-0.25, -0.2) is 13.1 Å². The maximum absolute atomic E-state index is 11.7. The average Bonchev–Trinajstić information content (AvgIpc) is 2.80. The van der Waals surface area contributed by atoms with Crippen LogP contribution in [0.1, 0.15) is 32.1 Å². The van der Waals surface area contributed by atoms with Gasteiger partial charge in [-0.3, -0.25) is 4.79 Å². The Morgan fingerprint density at radius 1 is 1.25 bits per heavy atom. The van der Waals surface area contributed by atoms with Crippen LogP contribution in [-0.2, 0) is 14.8 Å². The predicted molar refractivity (Wildman–Crippen MR) is 58.4 cm³/mol. The Kier molecular flexibility index (Phi) is 3.21. The van der Waals surface area contributed by atoms with Crippen LogP contribution in [0.4, 0.5) is 0 Å². The molecule has 0 spiro atoms. The topological polar surface area (TPSA) is 83.5 Å². The van der Waals surface area contributed by atoms with Crippen LogP contribution in [0.15, 0.2) is 0 Å². The van der Waals surface area contributed by atoms with Gasteiger partial charge in [-0.15, -0.1) is 0 Å². The molecule has 0 amide bonds. The van der Waals surface area contributed by atoms with Gasteiger partial charge in [0.2, 0.25) is 10.0 Å². The number of nitrogens with one attached hydrogen (secondary N) is 1. The van der Waals surface area contributed by atoms with Crippen molar-refractivity contribution < 1.29 is 18.3 Å². The minimum Gasteiger partial charge on any atom is -0.481 e. The minimum absolute atomic E-state index is 0.176. The largest absolute Gasteiger partial charge is 0.481 e. The molecule has 0 heterocycles. The molecule has 0 bridgehead atoms. The van der Waals surface area contributed by atoms with E-state index in [1.807, 2.05) is 0 Å². The summed E-state index contributed by atoms with van der Waals surface area (Å²) in [5.74, 6) is -0.659. The Balaban J connectivity index is 1.83. The van der Waals surface area contributed by atoms with Crippen molar-refractivity contribution in [1.82, 2.24) is 4.72 Å². The number of carboxylic acids is 1. The molecule has 2 saturated carbocycles. The summed E-state index contributed by atoms with van der Waals surface area (Å²) in [6, 6.07) is -0.176. The Hall–Kier alpha value is -0.620. The van der Waals surface area contributed by atoms with Crippen molar-refractivity contribution in [3.05, 3.63) is 0 Å². The van der Waals surface area contributed by atoms with Crippen LogP contribution in [0.2, 0.25) is 0 Å². The Bertz CT molecular complexity index is 374. The molecular weight excluding hydrogens is 230 g/mol. The smallest absolute Gasteiger partial charge is 0.306 e. The van der Waals surface area contributed by atoms with E-state index >= 15 is 0 Å². The van der Waals surface area contributed by atoms with Crippen LogP contribution >= 0.6 is 0 Å². The van der Waals surface area contributed by atoms with Crippen molar-refractivity contribution in [3.8, 4) is 0 Å². The molecule has 16 heavy (non-hydrogen) atoms. The highest BCUT2D eigenvalue weighted by atomic mass is 32.2. The molecule has 2 aliphatic carbocycles. The number of hydrogen-bond donors (Lipinski definition) is 2. The lowest BCUT2D eigenvalue weighted by Gasteiger charge is -2.12. The molecule has 2 atom stereocenters. The fourth-order valence-corrected chi connectivity index (χ4v) is 3.98. The Morgan fingerprint density at radius 3 is 2.44 bits per heavy atom. The monoisotopic (exact) mass is 247 g/mol. The fourth-order valence-electron chi connectivity index (χ4n) is 2.21. The van der Waals surface area contributed by atoms with E-state index in [0.29, 0.717) is 25.2 Å². The summed E-state index contributed by atoms with van der Waals surface area (Å²) >= 11 is 0. The molecule has 0 unspecified atom stereocenters. The normalized spacial score (nSPS) is 30.5. The molecule has 0 aromatic heterocycles. The van der Waals surface area contributed by atoms with Gasteiger partial charge in [-0.1, -0.05) is 0 Å². The first-order chi connectivity index (χ1) is 7.46. The van der Waals surface area contributed by atoms with Crippen molar-refractivity contribution in [1.29, 1.82) is 0 Å². The second kappa shape index (κ2) is 4.33. The number of rotatable bonds is 5. The van der Waals surface area contributed by atoms with Crippen LogP contribution in [-0.4, -0.2) is 31.3 Å². The summed E-state index contributed by atoms with van der Waals surface area (Å²) in [7, 11) is -3.19. The highest BCUT2D eigenvalue weighted by Gasteiger charge is 2.34.